The molecule has 3 aromatic rings. The Morgan fingerprint density at radius 3 is 2.36 bits per heavy atom. The van der Waals surface area contributed by atoms with Crippen molar-refractivity contribution >= 4 is 11.6 Å². The van der Waals surface area contributed by atoms with Crippen molar-refractivity contribution < 1.29 is 4.79 Å². The van der Waals surface area contributed by atoms with Crippen LogP contribution in [0.2, 0.25) is 0 Å². The predicted octanol–water partition coefficient (Wildman–Crippen LogP) is 2.89. The zero-order valence-corrected chi connectivity index (χ0v) is 12.2. The van der Waals surface area contributed by atoms with Crippen LogP contribution in [-0.4, -0.2) is 20.9 Å². The Bertz CT molecular complexity index is 766. The van der Waals surface area contributed by atoms with E-state index in [4.69, 9.17) is 0 Å². The number of hydrogen-bond acceptors (Lipinski definition) is 3. The minimum Gasteiger partial charge on any atom is -0.321 e. The van der Waals surface area contributed by atoms with E-state index in [9.17, 15) is 4.79 Å². The van der Waals surface area contributed by atoms with Gasteiger partial charge in [-0.3, -0.25) is 4.79 Å². The fourth-order valence-corrected chi connectivity index (χ4v) is 2.19. The van der Waals surface area contributed by atoms with Gasteiger partial charge in [-0.05, 0) is 24.6 Å². The van der Waals surface area contributed by atoms with E-state index in [2.05, 4.69) is 15.6 Å². The summed E-state index contributed by atoms with van der Waals surface area (Å²) in [6, 6.07) is 19.3. The van der Waals surface area contributed by atoms with Gasteiger partial charge in [-0.25, -0.2) is 4.68 Å². The summed E-state index contributed by atoms with van der Waals surface area (Å²) in [5.41, 5.74) is 2.95. The molecule has 0 bridgehead atoms. The molecule has 5 nitrogen and oxygen atoms in total. The molecule has 1 amide bonds. The van der Waals surface area contributed by atoms with E-state index in [-0.39, 0.29) is 5.91 Å². The Kier molecular flexibility index (Phi) is 3.96. The number of nitrogens with zero attached hydrogens (tertiary/aromatic N) is 3. The highest BCUT2D eigenvalue weighted by atomic mass is 16.2. The van der Waals surface area contributed by atoms with E-state index in [1.807, 2.05) is 67.6 Å². The average molecular weight is 292 g/mol. The summed E-state index contributed by atoms with van der Waals surface area (Å²) >= 11 is 0. The lowest BCUT2D eigenvalue weighted by Gasteiger charge is -2.05. The predicted molar refractivity (Wildman–Crippen MR) is 84.7 cm³/mol. The van der Waals surface area contributed by atoms with E-state index in [1.54, 1.807) is 4.68 Å². The molecule has 0 aliphatic carbocycles. The SMILES string of the molecule is Cc1c(C(=O)Nc2ccccc2)nnn1Cc1ccccc1. The number of benzene rings is 2. The summed E-state index contributed by atoms with van der Waals surface area (Å²) in [6.07, 6.45) is 0. The van der Waals surface area contributed by atoms with Crippen LogP contribution in [0.3, 0.4) is 0 Å². The van der Waals surface area contributed by atoms with Crippen LogP contribution in [0.4, 0.5) is 5.69 Å². The maximum Gasteiger partial charge on any atom is 0.278 e. The van der Waals surface area contributed by atoms with Crippen LogP contribution in [-0.2, 0) is 6.54 Å². The Morgan fingerprint density at radius 2 is 1.68 bits per heavy atom. The second-order valence-electron chi connectivity index (χ2n) is 4.99. The van der Waals surface area contributed by atoms with Gasteiger partial charge in [0.1, 0.15) is 0 Å². The van der Waals surface area contributed by atoms with Crippen LogP contribution in [0, 0.1) is 6.92 Å². The van der Waals surface area contributed by atoms with Gasteiger partial charge in [0.25, 0.3) is 5.91 Å². The van der Waals surface area contributed by atoms with Gasteiger partial charge >= 0.3 is 0 Å². The summed E-state index contributed by atoms with van der Waals surface area (Å²) in [6.45, 7) is 2.45. The number of carbonyl (C=O) groups is 1. The molecule has 3 rings (SSSR count). The second kappa shape index (κ2) is 6.22. The molecular formula is C17H16N4O. The molecule has 1 N–H and O–H groups in total. The van der Waals surface area contributed by atoms with Gasteiger partial charge in [0.05, 0.1) is 12.2 Å². The normalized spacial score (nSPS) is 10.4. The first-order valence-corrected chi connectivity index (χ1v) is 7.04. The lowest BCUT2D eigenvalue weighted by molar-refractivity contribution is 0.102. The third kappa shape index (κ3) is 3.03. The Labute approximate surface area is 128 Å². The number of amides is 1. The molecule has 5 heteroatoms. The van der Waals surface area contributed by atoms with Crippen molar-refractivity contribution in [3.8, 4) is 0 Å². The van der Waals surface area contributed by atoms with Crippen molar-refractivity contribution in [3.05, 3.63) is 77.6 Å². The number of hydrogen-bond donors (Lipinski definition) is 1. The number of anilines is 1. The van der Waals surface area contributed by atoms with E-state index >= 15 is 0 Å². The largest absolute Gasteiger partial charge is 0.321 e. The van der Waals surface area contributed by atoms with Crippen LogP contribution < -0.4 is 5.32 Å². The molecule has 22 heavy (non-hydrogen) atoms. The van der Waals surface area contributed by atoms with Gasteiger partial charge in [0, 0.05) is 5.69 Å². The van der Waals surface area contributed by atoms with Crippen LogP contribution in [0.15, 0.2) is 60.7 Å². The smallest absolute Gasteiger partial charge is 0.278 e. The number of para-hydroxylation sites is 1. The van der Waals surface area contributed by atoms with Crippen molar-refractivity contribution in [2.45, 2.75) is 13.5 Å². The van der Waals surface area contributed by atoms with Crippen LogP contribution in [0.1, 0.15) is 21.7 Å². The molecule has 110 valence electrons. The molecule has 0 saturated heterocycles. The highest BCUT2D eigenvalue weighted by Gasteiger charge is 2.16. The topological polar surface area (TPSA) is 59.8 Å². The third-order valence-electron chi connectivity index (χ3n) is 3.40. The zero-order valence-electron chi connectivity index (χ0n) is 12.2. The fraction of sp³-hybridized carbons (Fsp3) is 0.118. The van der Waals surface area contributed by atoms with Crippen LogP contribution >= 0.6 is 0 Å². The number of rotatable bonds is 4. The van der Waals surface area contributed by atoms with Crippen molar-refractivity contribution in [3.63, 3.8) is 0 Å². The number of nitrogens with one attached hydrogen (secondary N) is 1. The quantitative estimate of drug-likeness (QED) is 0.804. The Balaban J connectivity index is 1.77. The average Bonchev–Trinajstić information content (AvgIpc) is 2.90. The number of carbonyl (C=O) groups excluding carboxylic acids is 1. The monoisotopic (exact) mass is 292 g/mol. The van der Waals surface area contributed by atoms with Gasteiger partial charge in [-0.2, -0.15) is 0 Å². The molecule has 0 saturated carbocycles. The lowest BCUT2D eigenvalue weighted by atomic mass is 10.2. The molecule has 2 aromatic carbocycles. The molecule has 0 aliphatic heterocycles. The van der Waals surface area contributed by atoms with Crippen molar-refractivity contribution in [1.29, 1.82) is 0 Å². The van der Waals surface area contributed by atoms with Gasteiger partial charge in [-0.1, -0.05) is 53.7 Å². The molecule has 1 heterocycles. The molecular weight excluding hydrogens is 276 g/mol. The first-order chi connectivity index (χ1) is 10.7. The van der Waals surface area contributed by atoms with Crippen LogP contribution in [0.25, 0.3) is 0 Å². The van der Waals surface area contributed by atoms with Crippen LogP contribution in [0.5, 0.6) is 0 Å². The van der Waals surface area contributed by atoms with Gasteiger partial charge in [0.15, 0.2) is 5.69 Å². The molecule has 1 aromatic heterocycles. The summed E-state index contributed by atoms with van der Waals surface area (Å²) in [4.78, 5) is 12.3. The third-order valence-corrected chi connectivity index (χ3v) is 3.40. The second-order valence-corrected chi connectivity index (χ2v) is 4.99. The molecule has 0 spiro atoms. The number of aromatic nitrogens is 3. The minimum absolute atomic E-state index is 0.247. The maximum absolute atomic E-state index is 12.3. The Hall–Kier alpha value is -2.95. The van der Waals surface area contributed by atoms with Crippen molar-refractivity contribution in [2.75, 3.05) is 5.32 Å². The molecule has 0 fully saturated rings. The zero-order chi connectivity index (χ0) is 15.4. The summed E-state index contributed by atoms with van der Waals surface area (Å²) in [7, 11) is 0. The standard InChI is InChI=1S/C17H16N4O/c1-13-16(17(22)18-15-10-6-3-7-11-15)19-20-21(13)12-14-8-4-2-5-9-14/h2-11H,12H2,1H3,(H,18,22). The van der Waals surface area contributed by atoms with Crippen molar-refractivity contribution in [1.82, 2.24) is 15.0 Å². The fourth-order valence-electron chi connectivity index (χ4n) is 2.19. The van der Waals surface area contributed by atoms with E-state index in [0.29, 0.717) is 12.2 Å². The minimum atomic E-state index is -0.247. The lowest BCUT2D eigenvalue weighted by Crippen LogP contribution is -2.14. The summed E-state index contributed by atoms with van der Waals surface area (Å²) < 4.78 is 1.73. The van der Waals surface area contributed by atoms with Gasteiger partial charge in [-0.15, -0.1) is 5.10 Å². The van der Waals surface area contributed by atoms with E-state index in [0.717, 1.165) is 16.9 Å². The highest BCUT2D eigenvalue weighted by Crippen LogP contribution is 2.11. The summed E-state index contributed by atoms with van der Waals surface area (Å²) in [5, 5.41) is 10.9. The molecule has 0 radical (unpaired) electrons. The van der Waals surface area contributed by atoms with E-state index < -0.39 is 0 Å². The Morgan fingerprint density at radius 1 is 1.05 bits per heavy atom. The highest BCUT2D eigenvalue weighted by molar-refractivity contribution is 6.03. The molecule has 0 aliphatic rings. The molecule has 0 atom stereocenters. The maximum atomic E-state index is 12.3. The summed E-state index contributed by atoms with van der Waals surface area (Å²) in [5.74, 6) is -0.247. The first-order valence-electron chi connectivity index (χ1n) is 7.04. The van der Waals surface area contributed by atoms with Gasteiger partial charge in [0.2, 0.25) is 0 Å². The van der Waals surface area contributed by atoms with Crippen molar-refractivity contribution in [2.24, 2.45) is 0 Å². The van der Waals surface area contributed by atoms with Gasteiger partial charge < -0.3 is 5.32 Å². The molecule has 0 unspecified atom stereocenters. The van der Waals surface area contributed by atoms with E-state index in [1.165, 1.54) is 0 Å². The first kappa shape index (κ1) is 14.0.